The number of hydrogen-bond donors (Lipinski definition) is 1. The summed E-state index contributed by atoms with van der Waals surface area (Å²) in [5, 5.41) is 9.57. The van der Waals surface area contributed by atoms with Crippen LogP contribution >= 0.6 is 0 Å². The highest BCUT2D eigenvalue weighted by Crippen LogP contribution is 2.36. The lowest BCUT2D eigenvalue weighted by Gasteiger charge is -2.32. The van der Waals surface area contributed by atoms with E-state index in [0.717, 1.165) is 5.46 Å². The van der Waals surface area contributed by atoms with Crippen LogP contribution in [0, 0.1) is 0 Å². The number of hydrogen-bond acceptors (Lipinski definition) is 3. The lowest BCUT2D eigenvalue weighted by atomic mass is 9.79. The van der Waals surface area contributed by atoms with Gasteiger partial charge in [-0.1, -0.05) is 30.3 Å². The lowest BCUT2D eigenvalue weighted by molar-refractivity contribution is 0.00578. The molecule has 0 atom stereocenters. The van der Waals surface area contributed by atoms with Crippen molar-refractivity contribution < 1.29 is 19.2 Å². The molecule has 1 heterocycles. The van der Waals surface area contributed by atoms with E-state index in [9.17, 15) is 9.90 Å². The van der Waals surface area contributed by atoms with Gasteiger partial charge in [0.15, 0.2) is 0 Å². The molecule has 2 aromatic carbocycles. The Morgan fingerprint density at radius 2 is 1.36 bits per heavy atom. The van der Waals surface area contributed by atoms with Crippen LogP contribution < -0.4 is 10.4 Å². The SMILES string of the molecule is CC1(C)OB(c2ccc(N(C(=O)O)c3ccccc3)cc2)OC1(C)C. The van der Waals surface area contributed by atoms with E-state index in [2.05, 4.69) is 0 Å². The quantitative estimate of drug-likeness (QED) is 0.864. The number of benzene rings is 2. The van der Waals surface area contributed by atoms with Crippen molar-refractivity contribution >= 4 is 30.0 Å². The van der Waals surface area contributed by atoms with Crippen molar-refractivity contribution in [1.29, 1.82) is 0 Å². The molecule has 0 bridgehead atoms. The van der Waals surface area contributed by atoms with Gasteiger partial charge >= 0.3 is 13.2 Å². The van der Waals surface area contributed by atoms with Gasteiger partial charge in [-0.15, -0.1) is 0 Å². The number of nitrogens with zero attached hydrogens (tertiary/aromatic N) is 1. The predicted molar refractivity (Wildman–Crippen MR) is 98.8 cm³/mol. The Labute approximate surface area is 148 Å². The van der Waals surface area contributed by atoms with Gasteiger partial charge in [-0.3, -0.25) is 0 Å². The molecule has 0 spiro atoms. The molecule has 1 N–H and O–H groups in total. The molecule has 3 rings (SSSR count). The van der Waals surface area contributed by atoms with Crippen molar-refractivity contribution in [3.05, 3.63) is 54.6 Å². The molecule has 1 aliphatic rings. The number of rotatable bonds is 3. The molecule has 2 aromatic rings. The molecule has 0 aromatic heterocycles. The first-order valence-corrected chi connectivity index (χ1v) is 8.25. The van der Waals surface area contributed by atoms with Gasteiger partial charge in [-0.25, -0.2) is 9.69 Å². The highest BCUT2D eigenvalue weighted by molar-refractivity contribution is 6.62. The standard InChI is InChI=1S/C19H22BNO4/c1-18(2)19(3,4)25-20(24-18)14-10-12-16(13-11-14)21(17(22)23)15-8-6-5-7-9-15/h5-13H,1-4H3,(H,22,23). The summed E-state index contributed by atoms with van der Waals surface area (Å²) in [6, 6.07) is 16.2. The summed E-state index contributed by atoms with van der Waals surface area (Å²) in [4.78, 5) is 12.9. The zero-order valence-corrected chi connectivity index (χ0v) is 14.9. The fraction of sp³-hybridized carbons (Fsp3) is 0.316. The van der Waals surface area contributed by atoms with Gasteiger partial charge in [0.2, 0.25) is 0 Å². The molecule has 1 saturated heterocycles. The molecule has 0 aliphatic carbocycles. The maximum absolute atomic E-state index is 11.7. The molecule has 25 heavy (non-hydrogen) atoms. The monoisotopic (exact) mass is 339 g/mol. The summed E-state index contributed by atoms with van der Waals surface area (Å²) in [5.41, 5.74) is 1.21. The largest absolute Gasteiger partial charge is 0.494 e. The Bertz CT molecular complexity index is 743. The topological polar surface area (TPSA) is 59.0 Å². The van der Waals surface area contributed by atoms with Crippen molar-refractivity contribution in [3.8, 4) is 0 Å². The maximum atomic E-state index is 11.7. The highest BCUT2D eigenvalue weighted by Gasteiger charge is 2.51. The van der Waals surface area contributed by atoms with Gasteiger partial charge in [0, 0.05) is 0 Å². The molecule has 5 nitrogen and oxygen atoms in total. The first-order valence-electron chi connectivity index (χ1n) is 8.25. The third-order valence-electron chi connectivity index (χ3n) is 4.88. The first-order chi connectivity index (χ1) is 11.7. The summed E-state index contributed by atoms with van der Waals surface area (Å²) in [5.74, 6) is 0. The number of para-hydroxylation sites is 1. The first kappa shape index (κ1) is 17.5. The van der Waals surface area contributed by atoms with Crippen molar-refractivity contribution in [3.63, 3.8) is 0 Å². The molecular weight excluding hydrogens is 317 g/mol. The minimum absolute atomic E-state index is 0.409. The molecule has 1 fully saturated rings. The van der Waals surface area contributed by atoms with E-state index in [4.69, 9.17) is 9.31 Å². The van der Waals surface area contributed by atoms with Gasteiger partial charge < -0.3 is 14.4 Å². The molecule has 0 radical (unpaired) electrons. The number of carboxylic acid groups (broad SMARTS) is 1. The zero-order chi connectivity index (χ0) is 18.2. The van der Waals surface area contributed by atoms with Gasteiger partial charge in [-0.05, 0) is 57.4 Å². The summed E-state index contributed by atoms with van der Waals surface area (Å²) in [6.07, 6.45) is -1.03. The van der Waals surface area contributed by atoms with E-state index in [-0.39, 0.29) is 0 Å². The predicted octanol–water partition coefficient (Wildman–Crippen LogP) is 3.80. The van der Waals surface area contributed by atoms with Crippen molar-refractivity contribution in [1.82, 2.24) is 0 Å². The molecule has 0 unspecified atom stereocenters. The fourth-order valence-electron chi connectivity index (χ4n) is 2.71. The summed E-state index contributed by atoms with van der Waals surface area (Å²) >= 11 is 0. The second-order valence-corrected chi connectivity index (χ2v) is 7.13. The van der Waals surface area contributed by atoms with Crippen molar-refractivity contribution in [2.45, 2.75) is 38.9 Å². The van der Waals surface area contributed by atoms with Crippen molar-refractivity contribution in [2.75, 3.05) is 4.90 Å². The smallest absolute Gasteiger partial charge is 0.464 e. The minimum Gasteiger partial charge on any atom is -0.464 e. The lowest BCUT2D eigenvalue weighted by Crippen LogP contribution is -2.41. The summed E-state index contributed by atoms with van der Waals surface area (Å²) in [6.45, 7) is 8.01. The molecule has 130 valence electrons. The van der Waals surface area contributed by atoms with E-state index in [1.54, 1.807) is 24.3 Å². The van der Waals surface area contributed by atoms with Gasteiger partial charge in [-0.2, -0.15) is 0 Å². The second-order valence-electron chi connectivity index (χ2n) is 7.13. The van der Waals surface area contributed by atoms with Crippen LogP contribution in [0.15, 0.2) is 54.6 Å². The Kier molecular flexibility index (Phi) is 4.35. The fourth-order valence-corrected chi connectivity index (χ4v) is 2.71. The maximum Gasteiger partial charge on any atom is 0.494 e. The van der Waals surface area contributed by atoms with Crippen LogP contribution in [-0.4, -0.2) is 29.5 Å². The zero-order valence-electron chi connectivity index (χ0n) is 14.9. The second kappa shape index (κ2) is 6.21. The van der Waals surface area contributed by atoms with Crippen LogP contribution in [0.25, 0.3) is 0 Å². The van der Waals surface area contributed by atoms with Crippen molar-refractivity contribution in [2.24, 2.45) is 0 Å². The average Bonchev–Trinajstić information content (AvgIpc) is 2.77. The molecule has 0 saturated carbocycles. The normalized spacial score (nSPS) is 18.2. The van der Waals surface area contributed by atoms with E-state index >= 15 is 0 Å². The van der Waals surface area contributed by atoms with Crippen LogP contribution in [0.5, 0.6) is 0 Å². The summed E-state index contributed by atoms with van der Waals surface area (Å²) < 4.78 is 12.1. The van der Waals surface area contributed by atoms with E-state index in [1.165, 1.54) is 4.90 Å². The minimum atomic E-state index is -1.03. The average molecular weight is 339 g/mol. The summed E-state index contributed by atoms with van der Waals surface area (Å²) in [7, 11) is -0.464. The molecule has 1 amide bonds. The van der Waals surface area contributed by atoms with Gasteiger partial charge in [0.25, 0.3) is 0 Å². The van der Waals surface area contributed by atoms with Crippen LogP contribution in [-0.2, 0) is 9.31 Å². The molecule has 1 aliphatic heterocycles. The van der Waals surface area contributed by atoms with E-state index in [0.29, 0.717) is 11.4 Å². The van der Waals surface area contributed by atoms with E-state index < -0.39 is 24.4 Å². The Hall–Kier alpha value is -2.31. The van der Waals surface area contributed by atoms with Crippen LogP contribution in [0.2, 0.25) is 0 Å². The Balaban J connectivity index is 1.86. The Morgan fingerprint density at radius 3 is 1.84 bits per heavy atom. The van der Waals surface area contributed by atoms with Gasteiger partial charge in [0.05, 0.1) is 22.6 Å². The third-order valence-corrected chi connectivity index (χ3v) is 4.88. The number of carbonyl (C=O) groups is 1. The van der Waals surface area contributed by atoms with E-state index in [1.807, 2.05) is 58.0 Å². The molecule has 6 heteroatoms. The van der Waals surface area contributed by atoms with Crippen LogP contribution in [0.4, 0.5) is 16.2 Å². The van der Waals surface area contributed by atoms with Gasteiger partial charge in [0.1, 0.15) is 0 Å². The van der Waals surface area contributed by atoms with Crippen LogP contribution in [0.1, 0.15) is 27.7 Å². The number of amides is 1. The Morgan fingerprint density at radius 1 is 0.880 bits per heavy atom. The highest BCUT2D eigenvalue weighted by atomic mass is 16.7. The molecular formula is C19H22BNO4. The van der Waals surface area contributed by atoms with Crippen LogP contribution in [0.3, 0.4) is 0 Å². The third kappa shape index (κ3) is 3.27. The number of anilines is 2.